The van der Waals surface area contributed by atoms with Gasteiger partial charge in [-0.25, -0.2) is 0 Å². The van der Waals surface area contributed by atoms with Gasteiger partial charge in [-0.2, -0.15) is 4.98 Å². The lowest BCUT2D eigenvalue weighted by molar-refractivity contribution is 0.0729. The molecule has 1 aromatic carbocycles. The number of aromatic nitrogens is 1. The monoisotopic (exact) mass is 383 g/mol. The summed E-state index contributed by atoms with van der Waals surface area (Å²) in [5.74, 6) is 1.39. The van der Waals surface area contributed by atoms with Crippen molar-refractivity contribution in [2.75, 3.05) is 45.4 Å². The Kier molecular flexibility index (Phi) is 5.23. The Balaban J connectivity index is 1.60. The molecule has 148 valence electrons. The SMILES string of the molecule is COc1ccc(C(=O)N2CCOc3ccc(N4CCCC4)cc3C2)c(OC)n1. The highest BCUT2D eigenvalue weighted by atomic mass is 16.5. The molecule has 0 bridgehead atoms. The third-order valence-corrected chi connectivity index (χ3v) is 5.25. The van der Waals surface area contributed by atoms with E-state index in [1.807, 2.05) is 6.07 Å². The van der Waals surface area contributed by atoms with Crippen molar-refractivity contribution in [2.45, 2.75) is 19.4 Å². The van der Waals surface area contributed by atoms with E-state index in [0.717, 1.165) is 24.4 Å². The summed E-state index contributed by atoms with van der Waals surface area (Å²) in [5.41, 5.74) is 2.64. The lowest BCUT2D eigenvalue weighted by Crippen LogP contribution is -2.33. The quantitative estimate of drug-likeness (QED) is 0.809. The van der Waals surface area contributed by atoms with Gasteiger partial charge >= 0.3 is 0 Å². The van der Waals surface area contributed by atoms with Crippen LogP contribution in [0, 0.1) is 0 Å². The summed E-state index contributed by atoms with van der Waals surface area (Å²) < 4.78 is 16.3. The van der Waals surface area contributed by atoms with Crippen LogP contribution in [-0.2, 0) is 6.54 Å². The highest BCUT2D eigenvalue weighted by Crippen LogP contribution is 2.31. The van der Waals surface area contributed by atoms with Crippen LogP contribution >= 0.6 is 0 Å². The van der Waals surface area contributed by atoms with E-state index in [9.17, 15) is 4.79 Å². The lowest BCUT2D eigenvalue weighted by Gasteiger charge is -2.22. The van der Waals surface area contributed by atoms with E-state index < -0.39 is 0 Å². The van der Waals surface area contributed by atoms with Gasteiger partial charge in [-0.15, -0.1) is 0 Å². The van der Waals surface area contributed by atoms with Gasteiger partial charge in [0.1, 0.15) is 17.9 Å². The Hall–Kier alpha value is -2.96. The molecule has 1 fully saturated rings. The summed E-state index contributed by atoms with van der Waals surface area (Å²) in [6.45, 7) is 3.61. The second-order valence-electron chi connectivity index (χ2n) is 6.97. The standard InChI is InChI=1S/C21H25N3O4/c1-26-19-8-6-17(20(22-19)27-2)21(25)24-11-12-28-18-7-5-16(13-15(18)14-24)23-9-3-4-10-23/h5-8,13H,3-4,9-12,14H2,1-2H3. The fourth-order valence-corrected chi connectivity index (χ4v) is 3.75. The average Bonchev–Trinajstić information content (AvgIpc) is 3.19. The van der Waals surface area contributed by atoms with Gasteiger partial charge in [0.05, 0.1) is 20.8 Å². The van der Waals surface area contributed by atoms with E-state index in [1.54, 1.807) is 17.0 Å². The Morgan fingerprint density at radius 1 is 1.07 bits per heavy atom. The molecule has 0 atom stereocenters. The summed E-state index contributed by atoms with van der Waals surface area (Å²) in [6, 6.07) is 9.64. The molecular weight excluding hydrogens is 358 g/mol. The number of rotatable bonds is 4. The van der Waals surface area contributed by atoms with Crippen molar-refractivity contribution in [3.05, 3.63) is 41.5 Å². The molecular formula is C21H25N3O4. The van der Waals surface area contributed by atoms with Gasteiger partial charge in [0, 0.05) is 37.0 Å². The second kappa shape index (κ2) is 7.96. The third kappa shape index (κ3) is 3.56. The molecule has 7 heteroatoms. The maximum Gasteiger partial charge on any atom is 0.259 e. The van der Waals surface area contributed by atoms with Gasteiger partial charge in [-0.3, -0.25) is 4.79 Å². The number of methoxy groups -OCH3 is 2. The molecule has 2 aliphatic rings. The van der Waals surface area contributed by atoms with Crippen molar-refractivity contribution in [1.82, 2.24) is 9.88 Å². The fourth-order valence-electron chi connectivity index (χ4n) is 3.75. The number of anilines is 1. The highest BCUT2D eigenvalue weighted by Gasteiger charge is 2.25. The summed E-state index contributed by atoms with van der Waals surface area (Å²) in [4.78, 5) is 21.6. The Labute approximate surface area is 164 Å². The topological polar surface area (TPSA) is 64.1 Å². The van der Waals surface area contributed by atoms with E-state index in [4.69, 9.17) is 14.2 Å². The van der Waals surface area contributed by atoms with E-state index in [1.165, 1.54) is 32.7 Å². The molecule has 3 heterocycles. The van der Waals surface area contributed by atoms with Crippen LogP contribution in [-0.4, -0.2) is 56.3 Å². The number of hydrogen-bond donors (Lipinski definition) is 0. The minimum Gasteiger partial charge on any atom is -0.491 e. The number of carbonyl (C=O) groups is 1. The van der Waals surface area contributed by atoms with E-state index in [-0.39, 0.29) is 11.8 Å². The summed E-state index contributed by atoms with van der Waals surface area (Å²) in [5, 5.41) is 0. The molecule has 0 radical (unpaired) electrons. The average molecular weight is 383 g/mol. The van der Waals surface area contributed by atoms with Gasteiger partial charge in [0.25, 0.3) is 5.91 Å². The molecule has 2 aromatic rings. The Bertz CT molecular complexity index is 865. The number of fused-ring (bicyclic) bond motifs is 1. The van der Waals surface area contributed by atoms with Crippen molar-refractivity contribution >= 4 is 11.6 Å². The van der Waals surface area contributed by atoms with Crippen LogP contribution in [0.25, 0.3) is 0 Å². The third-order valence-electron chi connectivity index (χ3n) is 5.25. The predicted octanol–water partition coefficient (Wildman–Crippen LogP) is 2.73. The van der Waals surface area contributed by atoms with E-state index >= 15 is 0 Å². The van der Waals surface area contributed by atoms with E-state index in [0.29, 0.717) is 31.1 Å². The molecule has 1 aromatic heterocycles. The molecule has 7 nitrogen and oxygen atoms in total. The first-order chi connectivity index (χ1) is 13.7. The first kappa shape index (κ1) is 18.4. The molecule has 0 saturated carbocycles. The minimum atomic E-state index is -0.130. The maximum atomic E-state index is 13.2. The second-order valence-corrected chi connectivity index (χ2v) is 6.97. The number of carbonyl (C=O) groups excluding carboxylic acids is 1. The molecule has 0 aliphatic carbocycles. The van der Waals surface area contributed by atoms with Gasteiger partial charge in [0.2, 0.25) is 11.8 Å². The van der Waals surface area contributed by atoms with Gasteiger partial charge in [0.15, 0.2) is 0 Å². The fraction of sp³-hybridized carbons (Fsp3) is 0.429. The number of amides is 1. The van der Waals surface area contributed by atoms with Gasteiger partial charge < -0.3 is 24.0 Å². The highest BCUT2D eigenvalue weighted by molar-refractivity contribution is 5.96. The molecule has 28 heavy (non-hydrogen) atoms. The minimum absolute atomic E-state index is 0.130. The number of ether oxygens (including phenoxy) is 3. The Morgan fingerprint density at radius 2 is 1.89 bits per heavy atom. The van der Waals surface area contributed by atoms with E-state index in [2.05, 4.69) is 22.0 Å². The zero-order chi connectivity index (χ0) is 19.5. The zero-order valence-corrected chi connectivity index (χ0v) is 16.3. The lowest BCUT2D eigenvalue weighted by atomic mass is 10.1. The van der Waals surface area contributed by atoms with Crippen molar-refractivity contribution < 1.29 is 19.0 Å². The van der Waals surface area contributed by atoms with Crippen LogP contribution < -0.4 is 19.1 Å². The normalized spacial score (nSPS) is 16.2. The predicted molar refractivity (Wildman–Crippen MR) is 105 cm³/mol. The van der Waals surface area contributed by atoms with Gasteiger partial charge in [-0.05, 0) is 37.1 Å². The number of pyridine rings is 1. The first-order valence-electron chi connectivity index (χ1n) is 9.58. The molecule has 2 aliphatic heterocycles. The van der Waals surface area contributed by atoms with Crippen LogP contribution in [0.1, 0.15) is 28.8 Å². The summed E-state index contributed by atoms with van der Waals surface area (Å²) in [6.07, 6.45) is 2.45. The van der Waals surface area contributed by atoms with Crippen molar-refractivity contribution in [3.63, 3.8) is 0 Å². The molecule has 1 amide bonds. The number of benzene rings is 1. The largest absolute Gasteiger partial charge is 0.491 e. The Morgan fingerprint density at radius 3 is 2.64 bits per heavy atom. The van der Waals surface area contributed by atoms with Crippen LogP contribution in [0.3, 0.4) is 0 Å². The molecule has 0 spiro atoms. The van der Waals surface area contributed by atoms with Gasteiger partial charge in [-0.1, -0.05) is 0 Å². The molecule has 0 unspecified atom stereocenters. The van der Waals surface area contributed by atoms with Crippen molar-refractivity contribution in [2.24, 2.45) is 0 Å². The smallest absolute Gasteiger partial charge is 0.259 e. The van der Waals surface area contributed by atoms with Crippen LogP contribution in [0.5, 0.6) is 17.5 Å². The van der Waals surface area contributed by atoms with Crippen LogP contribution in [0.2, 0.25) is 0 Å². The maximum absolute atomic E-state index is 13.2. The van der Waals surface area contributed by atoms with Crippen LogP contribution in [0.15, 0.2) is 30.3 Å². The molecule has 4 rings (SSSR count). The van der Waals surface area contributed by atoms with Crippen molar-refractivity contribution in [1.29, 1.82) is 0 Å². The number of hydrogen-bond acceptors (Lipinski definition) is 6. The molecule has 0 N–H and O–H groups in total. The van der Waals surface area contributed by atoms with Crippen molar-refractivity contribution in [3.8, 4) is 17.5 Å². The summed E-state index contributed by atoms with van der Waals surface area (Å²) >= 11 is 0. The summed E-state index contributed by atoms with van der Waals surface area (Å²) in [7, 11) is 3.03. The zero-order valence-electron chi connectivity index (χ0n) is 16.3. The first-order valence-corrected chi connectivity index (χ1v) is 9.58. The van der Waals surface area contributed by atoms with Crippen LogP contribution in [0.4, 0.5) is 5.69 Å². The molecule has 1 saturated heterocycles. The number of nitrogens with zero attached hydrogens (tertiary/aromatic N) is 3.